The quantitative estimate of drug-likeness (QED) is 0.667. The monoisotopic (exact) mass is 268 g/mol. The van der Waals surface area contributed by atoms with Gasteiger partial charge in [-0.05, 0) is 12.1 Å². The highest BCUT2D eigenvalue weighted by atomic mass is 35.5. The largest absolute Gasteiger partial charge is 0.476 e. The molecule has 0 spiro atoms. The Morgan fingerprint density at radius 3 is 2.78 bits per heavy atom. The fourth-order valence-electron chi connectivity index (χ4n) is 1.31. The minimum Gasteiger partial charge on any atom is -0.476 e. The topological polar surface area (TPSA) is 111 Å². The van der Waals surface area contributed by atoms with Crippen molar-refractivity contribution in [3.8, 4) is 5.82 Å². The highest BCUT2D eigenvalue weighted by Crippen LogP contribution is 2.22. The van der Waals surface area contributed by atoms with Crippen molar-refractivity contribution in [1.29, 1.82) is 0 Å². The predicted octanol–water partition coefficient (Wildman–Crippen LogP) is 1.53. The Labute approximate surface area is 105 Å². The van der Waals surface area contributed by atoms with Gasteiger partial charge in [-0.15, -0.1) is 0 Å². The highest BCUT2D eigenvalue weighted by molar-refractivity contribution is 6.32. The van der Waals surface area contributed by atoms with E-state index in [4.69, 9.17) is 16.7 Å². The summed E-state index contributed by atoms with van der Waals surface area (Å²) in [7, 11) is 0. The molecule has 0 aliphatic heterocycles. The summed E-state index contributed by atoms with van der Waals surface area (Å²) in [5, 5.41) is 23.3. The van der Waals surface area contributed by atoms with Gasteiger partial charge in [-0.1, -0.05) is 11.6 Å². The van der Waals surface area contributed by atoms with Crippen LogP contribution in [0.5, 0.6) is 0 Å². The van der Waals surface area contributed by atoms with Gasteiger partial charge in [0.15, 0.2) is 5.82 Å². The second-order valence-electron chi connectivity index (χ2n) is 3.18. The Balaban J connectivity index is 2.61. The molecule has 0 saturated heterocycles. The zero-order chi connectivity index (χ0) is 13.3. The van der Waals surface area contributed by atoms with Crippen LogP contribution in [-0.4, -0.2) is 30.8 Å². The minimum absolute atomic E-state index is 0.120. The van der Waals surface area contributed by atoms with Crippen LogP contribution in [0.3, 0.4) is 0 Å². The number of hydrogen-bond acceptors (Lipinski definition) is 5. The van der Waals surface area contributed by atoms with Crippen molar-refractivity contribution in [2.24, 2.45) is 0 Å². The molecule has 0 bridgehead atoms. The van der Waals surface area contributed by atoms with E-state index in [1.807, 2.05) is 0 Å². The molecule has 18 heavy (non-hydrogen) atoms. The molecular formula is C9H5ClN4O4. The van der Waals surface area contributed by atoms with Crippen LogP contribution in [0.4, 0.5) is 5.69 Å². The third-order valence-electron chi connectivity index (χ3n) is 2.05. The van der Waals surface area contributed by atoms with Crippen molar-refractivity contribution in [1.82, 2.24) is 14.8 Å². The first-order valence-electron chi connectivity index (χ1n) is 4.59. The average Bonchev–Trinajstić information content (AvgIpc) is 2.74. The van der Waals surface area contributed by atoms with Crippen LogP contribution in [0.15, 0.2) is 24.5 Å². The van der Waals surface area contributed by atoms with Crippen molar-refractivity contribution in [2.45, 2.75) is 0 Å². The zero-order valence-electron chi connectivity index (χ0n) is 8.65. The molecule has 0 radical (unpaired) electrons. The van der Waals surface area contributed by atoms with Crippen LogP contribution < -0.4 is 0 Å². The van der Waals surface area contributed by atoms with E-state index in [0.717, 1.165) is 10.9 Å². The second-order valence-corrected chi connectivity index (χ2v) is 3.59. The van der Waals surface area contributed by atoms with E-state index in [2.05, 4.69) is 10.1 Å². The van der Waals surface area contributed by atoms with Crippen LogP contribution in [0.25, 0.3) is 5.82 Å². The summed E-state index contributed by atoms with van der Waals surface area (Å²) in [6, 6.07) is 3.08. The van der Waals surface area contributed by atoms with E-state index in [9.17, 15) is 14.9 Å². The van der Waals surface area contributed by atoms with E-state index < -0.39 is 22.3 Å². The smallest absolute Gasteiger partial charge is 0.363 e. The molecule has 0 aromatic carbocycles. The number of rotatable bonds is 3. The molecule has 0 saturated carbocycles. The first-order valence-corrected chi connectivity index (χ1v) is 4.96. The molecule has 2 rings (SSSR count). The van der Waals surface area contributed by atoms with Crippen LogP contribution in [-0.2, 0) is 0 Å². The summed E-state index contributed by atoms with van der Waals surface area (Å²) >= 11 is 5.84. The van der Waals surface area contributed by atoms with Gasteiger partial charge < -0.3 is 5.11 Å². The Bertz CT molecular complexity index is 608. The van der Waals surface area contributed by atoms with Gasteiger partial charge in [-0.3, -0.25) is 10.1 Å². The first kappa shape index (κ1) is 12.0. The van der Waals surface area contributed by atoms with Crippen molar-refractivity contribution < 1.29 is 14.8 Å². The molecule has 1 N–H and O–H groups in total. The number of aromatic carboxylic acids is 1. The molecule has 2 heterocycles. The first-order chi connectivity index (χ1) is 8.50. The molecule has 0 unspecified atom stereocenters. The lowest BCUT2D eigenvalue weighted by Crippen LogP contribution is -2.03. The van der Waals surface area contributed by atoms with Crippen molar-refractivity contribution in [2.75, 3.05) is 0 Å². The molecule has 2 aromatic heterocycles. The summed E-state index contributed by atoms with van der Waals surface area (Å²) in [6.45, 7) is 0. The summed E-state index contributed by atoms with van der Waals surface area (Å²) in [6.07, 6.45) is 2.37. The van der Waals surface area contributed by atoms with Crippen molar-refractivity contribution in [3.63, 3.8) is 0 Å². The third-order valence-corrected chi connectivity index (χ3v) is 2.35. The van der Waals surface area contributed by atoms with Gasteiger partial charge in [0.2, 0.25) is 5.69 Å². The SMILES string of the molecule is O=C(O)c1nn(-c2ncccc2Cl)cc1[N+](=O)[O-]. The normalized spacial score (nSPS) is 10.3. The predicted molar refractivity (Wildman–Crippen MR) is 60.0 cm³/mol. The maximum Gasteiger partial charge on any atom is 0.363 e. The van der Waals surface area contributed by atoms with Crippen molar-refractivity contribution in [3.05, 3.63) is 45.4 Å². The number of aromatic nitrogens is 3. The summed E-state index contributed by atoms with van der Waals surface area (Å²) in [5.74, 6) is -1.37. The molecule has 8 nitrogen and oxygen atoms in total. The maximum atomic E-state index is 10.8. The van der Waals surface area contributed by atoms with E-state index >= 15 is 0 Å². The molecule has 9 heteroatoms. The lowest BCUT2D eigenvalue weighted by molar-refractivity contribution is -0.385. The molecule has 0 aliphatic carbocycles. The lowest BCUT2D eigenvalue weighted by atomic mass is 10.4. The third kappa shape index (κ3) is 2.00. The Kier molecular flexibility index (Phi) is 2.94. The van der Waals surface area contributed by atoms with E-state index in [-0.39, 0.29) is 10.8 Å². The Morgan fingerprint density at radius 1 is 1.56 bits per heavy atom. The number of hydrogen-bond donors (Lipinski definition) is 1. The van der Waals surface area contributed by atoms with Crippen LogP contribution in [0.2, 0.25) is 5.02 Å². The molecule has 0 amide bonds. The van der Waals surface area contributed by atoms with Gasteiger partial charge in [0.25, 0.3) is 0 Å². The van der Waals surface area contributed by atoms with Gasteiger partial charge in [0.05, 0.1) is 9.95 Å². The fourth-order valence-corrected chi connectivity index (χ4v) is 1.51. The number of nitro groups is 1. The minimum atomic E-state index is -1.49. The number of carboxylic acids is 1. The van der Waals surface area contributed by atoms with Crippen LogP contribution >= 0.6 is 11.6 Å². The summed E-state index contributed by atoms with van der Waals surface area (Å²) in [4.78, 5) is 24.6. The summed E-state index contributed by atoms with van der Waals surface area (Å²) in [5.41, 5.74) is -1.29. The van der Waals surface area contributed by atoms with E-state index in [1.165, 1.54) is 12.3 Å². The number of carbonyl (C=O) groups is 1. The van der Waals surface area contributed by atoms with Gasteiger partial charge in [-0.25, -0.2) is 14.5 Å². The number of pyridine rings is 1. The molecule has 0 fully saturated rings. The lowest BCUT2D eigenvalue weighted by Gasteiger charge is -2.00. The van der Waals surface area contributed by atoms with E-state index in [1.54, 1.807) is 6.07 Å². The molecule has 92 valence electrons. The second kappa shape index (κ2) is 4.41. The number of carboxylic acid groups (broad SMARTS) is 1. The Hall–Kier alpha value is -2.48. The highest BCUT2D eigenvalue weighted by Gasteiger charge is 2.26. The van der Waals surface area contributed by atoms with Gasteiger partial charge in [-0.2, -0.15) is 5.10 Å². The number of nitrogens with zero attached hydrogens (tertiary/aromatic N) is 4. The Morgan fingerprint density at radius 2 is 2.28 bits per heavy atom. The molecular weight excluding hydrogens is 264 g/mol. The van der Waals surface area contributed by atoms with E-state index in [0.29, 0.717) is 0 Å². The maximum absolute atomic E-state index is 10.8. The fraction of sp³-hybridized carbons (Fsp3) is 0. The molecule has 0 aliphatic rings. The zero-order valence-corrected chi connectivity index (χ0v) is 9.40. The van der Waals surface area contributed by atoms with Crippen molar-refractivity contribution >= 4 is 23.3 Å². The molecule has 0 atom stereocenters. The van der Waals surface area contributed by atoms with Gasteiger partial charge in [0, 0.05) is 6.20 Å². The molecule has 2 aromatic rings. The summed E-state index contributed by atoms with van der Waals surface area (Å²) < 4.78 is 0.962. The number of halogens is 1. The average molecular weight is 269 g/mol. The standard InChI is InChI=1S/C9H5ClN4O4/c10-5-2-1-3-11-8(5)13-4-6(14(17)18)7(12-13)9(15)16/h1-4H,(H,15,16). The van der Waals surface area contributed by atoms with Gasteiger partial charge in [0.1, 0.15) is 6.20 Å². The van der Waals surface area contributed by atoms with Crippen LogP contribution in [0, 0.1) is 10.1 Å². The van der Waals surface area contributed by atoms with Crippen LogP contribution in [0.1, 0.15) is 10.5 Å². The van der Waals surface area contributed by atoms with Gasteiger partial charge >= 0.3 is 11.7 Å².